The van der Waals surface area contributed by atoms with Gasteiger partial charge in [0.25, 0.3) is 0 Å². The normalized spacial score (nSPS) is 10.9. The fraction of sp³-hybridized carbons (Fsp3) is 0.423. The minimum atomic E-state index is -0.648. The standard InChI is InChI=1S/C26H35N3O5/c1-18-8-6-9-19(2)24(18)33-15-7-10-22(30)27-16-20-11-13-21(14-12-20)29-23(31)17-28-25(32)34-26(3,4)5/h6,8-9,11-14H,7,10,15-17H2,1-5H3,(H,27,30)(H,28,32)(H,29,31). The second-order valence-corrected chi connectivity index (χ2v) is 9.05. The third kappa shape index (κ3) is 9.94. The molecule has 8 heteroatoms. The molecule has 0 aliphatic rings. The van der Waals surface area contributed by atoms with Gasteiger partial charge in [0.2, 0.25) is 11.8 Å². The zero-order valence-electron chi connectivity index (χ0n) is 20.6. The van der Waals surface area contributed by atoms with E-state index >= 15 is 0 Å². The summed E-state index contributed by atoms with van der Waals surface area (Å²) >= 11 is 0. The quantitative estimate of drug-likeness (QED) is 0.451. The van der Waals surface area contributed by atoms with E-state index in [1.165, 1.54) is 0 Å². The van der Waals surface area contributed by atoms with Crippen LogP contribution in [0.25, 0.3) is 0 Å². The van der Waals surface area contributed by atoms with Gasteiger partial charge in [0, 0.05) is 18.7 Å². The summed E-state index contributed by atoms with van der Waals surface area (Å²) in [6.07, 6.45) is 0.358. The molecule has 2 rings (SSSR count). The molecular weight excluding hydrogens is 434 g/mol. The fourth-order valence-corrected chi connectivity index (χ4v) is 3.10. The third-order valence-electron chi connectivity index (χ3n) is 4.72. The van der Waals surface area contributed by atoms with E-state index in [2.05, 4.69) is 16.0 Å². The van der Waals surface area contributed by atoms with Crippen LogP contribution in [0.3, 0.4) is 0 Å². The van der Waals surface area contributed by atoms with Gasteiger partial charge in [-0.15, -0.1) is 0 Å². The van der Waals surface area contributed by atoms with Crippen LogP contribution in [-0.4, -0.2) is 36.7 Å². The highest BCUT2D eigenvalue weighted by Crippen LogP contribution is 2.22. The molecule has 0 radical (unpaired) electrons. The predicted molar refractivity (Wildman–Crippen MR) is 132 cm³/mol. The van der Waals surface area contributed by atoms with Crippen LogP contribution in [0.15, 0.2) is 42.5 Å². The SMILES string of the molecule is Cc1cccc(C)c1OCCCC(=O)NCc1ccc(NC(=O)CNC(=O)OC(C)(C)C)cc1. The number of anilines is 1. The van der Waals surface area contributed by atoms with E-state index < -0.39 is 11.7 Å². The molecule has 0 saturated carbocycles. The number of benzene rings is 2. The fourth-order valence-electron chi connectivity index (χ4n) is 3.10. The molecule has 34 heavy (non-hydrogen) atoms. The van der Waals surface area contributed by atoms with Crippen molar-refractivity contribution >= 4 is 23.6 Å². The van der Waals surface area contributed by atoms with Crippen molar-refractivity contribution in [1.29, 1.82) is 0 Å². The maximum absolute atomic E-state index is 12.1. The van der Waals surface area contributed by atoms with Crippen molar-refractivity contribution in [2.75, 3.05) is 18.5 Å². The second kappa shape index (κ2) is 12.6. The summed E-state index contributed by atoms with van der Waals surface area (Å²) in [5.41, 5.74) is 3.05. The van der Waals surface area contributed by atoms with Crippen LogP contribution >= 0.6 is 0 Å². The lowest BCUT2D eigenvalue weighted by atomic mass is 10.1. The Balaban J connectivity index is 1.65. The third-order valence-corrected chi connectivity index (χ3v) is 4.72. The van der Waals surface area contributed by atoms with Crippen LogP contribution in [0.5, 0.6) is 5.75 Å². The van der Waals surface area contributed by atoms with Crippen molar-refractivity contribution < 1.29 is 23.9 Å². The smallest absolute Gasteiger partial charge is 0.408 e. The first-order valence-electron chi connectivity index (χ1n) is 11.3. The van der Waals surface area contributed by atoms with Crippen LogP contribution in [0.1, 0.15) is 50.3 Å². The highest BCUT2D eigenvalue weighted by Gasteiger charge is 2.16. The minimum Gasteiger partial charge on any atom is -0.493 e. The molecular formula is C26H35N3O5. The van der Waals surface area contributed by atoms with Crippen molar-refractivity contribution in [1.82, 2.24) is 10.6 Å². The van der Waals surface area contributed by atoms with Crippen LogP contribution in [0.2, 0.25) is 0 Å². The molecule has 0 heterocycles. The lowest BCUT2D eigenvalue weighted by Gasteiger charge is -2.19. The molecule has 0 spiro atoms. The Hall–Kier alpha value is -3.55. The molecule has 184 valence electrons. The Morgan fingerprint density at radius 3 is 2.15 bits per heavy atom. The number of nitrogens with one attached hydrogen (secondary N) is 3. The number of carbonyl (C=O) groups excluding carboxylic acids is 3. The summed E-state index contributed by atoms with van der Waals surface area (Å²) in [5.74, 6) is 0.474. The molecule has 0 aromatic heterocycles. The van der Waals surface area contributed by atoms with Crippen LogP contribution in [0.4, 0.5) is 10.5 Å². The first-order chi connectivity index (χ1) is 16.0. The van der Waals surface area contributed by atoms with Crippen molar-refractivity contribution in [3.05, 3.63) is 59.2 Å². The van der Waals surface area contributed by atoms with Gasteiger partial charge in [-0.25, -0.2) is 4.79 Å². The van der Waals surface area contributed by atoms with Crippen molar-refractivity contribution in [2.45, 2.75) is 59.6 Å². The molecule has 0 aliphatic carbocycles. The Kier molecular flexibility index (Phi) is 9.92. The van der Waals surface area contributed by atoms with Gasteiger partial charge in [-0.3, -0.25) is 9.59 Å². The highest BCUT2D eigenvalue weighted by atomic mass is 16.6. The van der Waals surface area contributed by atoms with Gasteiger partial charge in [-0.05, 0) is 69.9 Å². The minimum absolute atomic E-state index is 0.0456. The predicted octanol–water partition coefficient (Wildman–Crippen LogP) is 4.24. The molecule has 0 atom stereocenters. The molecule has 2 aromatic carbocycles. The van der Waals surface area contributed by atoms with Gasteiger partial charge in [0.1, 0.15) is 17.9 Å². The van der Waals surface area contributed by atoms with Crippen LogP contribution < -0.4 is 20.7 Å². The summed E-state index contributed by atoms with van der Waals surface area (Å²) in [6, 6.07) is 13.1. The molecule has 0 bridgehead atoms. The van der Waals surface area contributed by atoms with E-state index in [0.717, 1.165) is 22.4 Å². The molecule has 0 fully saturated rings. The van der Waals surface area contributed by atoms with Crippen LogP contribution in [-0.2, 0) is 20.9 Å². The largest absolute Gasteiger partial charge is 0.493 e. The topological polar surface area (TPSA) is 106 Å². The van der Waals surface area contributed by atoms with Gasteiger partial charge in [-0.1, -0.05) is 30.3 Å². The molecule has 0 aliphatic heterocycles. The lowest BCUT2D eigenvalue weighted by molar-refractivity contribution is -0.121. The Bertz CT molecular complexity index is 961. The number of alkyl carbamates (subject to hydrolysis) is 1. The maximum Gasteiger partial charge on any atom is 0.408 e. The van der Waals surface area contributed by atoms with Gasteiger partial charge < -0.3 is 25.4 Å². The molecule has 3 amide bonds. The van der Waals surface area contributed by atoms with Crippen LogP contribution in [0, 0.1) is 13.8 Å². The van der Waals surface area contributed by atoms with Gasteiger partial charge >= 0.3 is 6.09 Å². The number of carbonyl (C=O) groups is 3. The second-order valence-electron chi connectivity index (χ2n) is 9.05. The summed E-state index contributed by atoms with van der Waals surface area (Å²) in [6.45, 7) is 9.94. The zero-order valence-corrected chi connectivity index (χ0v) is 20.6. The van der Waals surface area contributed by atoms with Gasteiger partial charge in [0.05, 0.1) is 6.61 Å². The number of rotatable bonds is 10. The summed E-state index contributed by atoms with van der Waals surface area (Å²) in [7, 11) is 0. The molecule has 0 unspecified atom stereocenters. The van der Waals surface area contributed by atoms with Gasteiger partial charge in [0.15, 0.2) is 0 Å². The maximum atomic E-state index is 12.1. The summed E-state index contributed by atoms with van der Waals surface area (Å²) < 4.78 is 10.9. The molecule has 2 aromatic rings. The average Bonchev–Trinajstić information content (AvgIpc) is 2.75. The number of aryl methyl sites for hydroxylation is 2. The number of ether oxygens (including phenoxy) is 2. The van der Waals surface area contributed by atoms with Crippen molar-refractivity contribution in [3.63, 3.8) is 0 Å². The van der Waals surface area contributed by atoms with E-state index in [1.807, 2.05) is 44.2 Å². The van der Waals surface area contributed by atoms with E-state index in [0.29, 0.717) is 31.7 Å². The Morgan fingerprint density at radius 1 is 0.882 bits per heavy atom. The molecule has 3 N–H and O–H groups in total. The number of hydrogen-bond donors (Lipinski definition) is 3. The molecule has 8 nitrogen and oxygen atoms in total. The van der Waals surface area contributed by atoms with E-state index in [4.69, 9.17) is 9.47 Å². The zero-order chi connectivity index (χ0) is 25.1. The van der Waals surface area contributed by atoms with E-state index in [1.54, 1.807) is 32.9 Å². The van der Waals surface area contributed by atoms with E-state index in [-0.39, 0.29) is 18.4 Å². The number of hydrogen-bond acceptors (Lipinski definition) is 5. The summed E-state index contributed by atoms with van der Waals surface area (Å²) in [5, 5.41) is 8.00. The first-order valence-corrected chi connectivity index (χ1v) is 11.3. The summed E-state index contributed by atoms with van der Waals surface area (Å²) in [4.78, 5) is 35.7. The Labute approximate surface area is 201 Å². The molecule has 0 saturated heterocycles. The van der Waals surface area contributed by atoms with E-state index in [9.17, 15) is 14.4 Å². The Morgan fingerprint density at radius 2 is 1.53 bits per heavy atom. The van der Waals surface area contributed by atoms with Crippen molar-refractivity contribution in [3.8, 4) is 5.75 Å². The monoisotopic (exact) mass is 469 g/mol. The van der Waals surface area contributed by atoms with Gasteiger partial charge in [-0.2, -0.15) is 0 Å². The highest BCUT2D eigenvalue weighted by molar-refractivity contribution is 5.93. The number of para-hydroxylation sites is 1. The average molecular weight is 470 g/mol. The number of amides is 3. The lowest BCUT2D eigenvalue weighted by Crippen LogP contribution is -2.37. The van der Waals surface area contributed by atoms with Crippen molar-refractivity contribution in [2.24, 2.45) is 0 Å². The first kappa shape index (κ1) is 26.7.